The normalized spacial score (nSPS) is 10.3. The monoisotopic (exact) mass is 230 g/mol. The van der Waals surface area contributed by atoms with E-state index in [0.29, 0.717) is 5.56 Å². The molecule has 88 valence electrons. The lowest BCUT2D eigenvalue weighted by molar-refractivity contribution is 0.0601. The Morgan fingerprint density at radius 3 is 2.65 bits per heavy atom. The predicted molar refractivity (Wildman–Crippen MR) is 64.8 cm³/mol. The molecular weight excluding hydrogens is 216 g/mol. The number of pyridine rings is 1. The number of hydrogen-bond donors (Lipinski definition) is 1. The van der Waals surface area contributed by atoms with Crippen molar-refractivity contribution in [1.29, 1.82) is 0 Å². The maximum atomic E-state index is 11.8. The van der Waals surface area contributed by atoms with E-state index in [2.05, 4.69) is 9.97 Å². The van der Waals surface area contributed by atoms with Crippen molar-refractivity contribution in [3.63, 3.8) is 0 Å². The number of hydrogen-bond acceptors (Lipinski definition) is 3. The summed E-state index contributed by atoms with van der Waals surface area (Å²) in [4.78, 5) is 19.2. The first-order chi connectivity index (χ1) is 8.15. The second-order valence-electron chi connectivity index (χ2n) is 3.83. The van der Waals surface area contributed by atoms with Gasteiger partial charge >= 0.3 is 5.97 Å². The van der Waals surface area contributed by atoms with Crippen LogP contribution in [0, 0.1) is 13.8 Å². The van der Waals surface area contributed by atoms with E-state index in [9.17, 15) is 4.79 Å². The molecule has 0 amide bonds. The molecule has 2 rings (SSSR count). The summed E-state index contributed by atoms with van der Waals surface area (Å²) in [6.07, 6.45) is 1.71. The van der Waals surface area contributed by atoms with E-state index in [-0.39, 0.29) is 5.97 Å². The summed E-state index contributed by atoms with van der Waals surface area (Å²) < 4.78 is 4.81. The van der Waals surface area contributed by atoms with Crippen LogP contribution in [0.2, 0.25) is 0 Å². The van der Waals surface area contributed by atoms with E-state index in [0.717, 1.165) is 22.6 Å². The van der Waals surface area contributed by atoms with Crippen LogP contribution in [-0.4, -0.2) is 23.0 Å². The van der Waals surface area contributed by atoms with Gasteiger partial charge in [-0.15, -0.1) is 0 Å². The number of aryl methyl sites for hydroxylation is 2. The minimum absolute atomic E-state index is 0.340. The lowest BCUT2D eigenvalue weighted by Crippen LogP contribution is -2.04. The zero-order chi connectivity index (χ0) is 12.4. The van der Waals surface area contributed by atoms with Gasteiger partial charge in [0.15, 0.2) is 0 Å². The first-order valence-corrected chi connectivity index (χ1v) is 5.34. The van der Waals surface area contributed by atoms with E-state index in [4.69, 9.17) is 4.74 Å². The Bertz CT molecular complexity index is 544. The van der Waals surface area contributed by atoms with Crippen LogP contribution in [0.25, 0.3) is 11.3 Å². The number of aromatic amines is 1. The summed E-state index contributed by atoms with van der Waals surface area (Å²) in [6, 6.07) is 5.61. The molecule has 4 nitrogen and oxygen atoms in total. The summed E-state index contributed by atoms with van der Waals surface area (Å²) >= 11 is 0. The Morgan fingerprint density at radius 1 is 1.29 bits per heavy atom. The van der Waals surface area contributed by atoms with Gasteiger partial charge in [-0.3, -0.25) is 4.98 Å². The van der Waals surface area contributed by atoms with Crippen molar-refractivity contribution in [2.75, 3.05) is 7.11 Å². The third-order valence-electron chi connectivity index (χ3n) is 2.69. The van der Waals surface area contributed by atoms with Crippen molar-refractivity contribution in [1.82, 2.24) is 9.97 Å². The van der Waals surface area contributed by atoms with Crippen molar-refractivity contribution in [2.24, 2.45) is 0 Å². The van der Waals surface area contributed by atoms with E-state index in [1.165, 1.54) is 7.11 Å². The molecule has 0 aromatic carbocycles. The van der Waals surface area contributed by atoms with E-state index in [1.54, 1.807) is 6.20 Å². The summed E-state index contributed by atoms with van der Waals surface area (Å²) in [5.74, 6) is -0.340. The molecule has 0 aliphatic rings. The van der Waals surface area contributed by atoms with Crippen molar-refractivity contribution in [3.05, 3.63) is 41.3 Å². The van der Waals surface area contributed by atoms with E-state index >= 15 is 0 Å². The summed E-state index contributed by atoms with van der Waals surface area (Å²) in [6.45, 7) is 3.77. The molecule has 0 unspecified atom stereocenters. The van der Waals surface area contributed by atoms with Gasteiger partial charge in [0.25, 0.3) is 0 Å². The van der Waals surface area contributed by atoms with Crippen molar-refractivity contribution >= 4 is 5.97 Å². The molecule has 2 aromatic rings. The summed E-state index contributed by atoms with van der Waals surface area (Å²) in [5, 5.41) is 0. The van der Waals surface area contributed by atoms with Crippen LogP contribution < -0.4 is 0 Å². The number of H-pyrrole nitrogens is 1. The molecule has 2 heterocycles. The second kappa shape index (κ2) is 4.41. The second-order valence-corrected chi connectivity index (χ2v) is 3.83. The van der Waals surface area contributed by atoms with Crippen LogP contribution in [0.5, 0.6) is 0 Å². The van der Waals surface area contributed by atoms with Gasteiger partial charge < -0.3 is 9.72 Å². The average Bonchev–Trinajstić information content (AvgIpc) is 2.64. The molecule has 0 aliphatic carbocycles. The number of carbonyl (C=O) groups excluding carboxylic acids is 1. The molecular formula is C13H14N2O2. The van der Waals surface area contributed by atoms with Crippen molar-refractivity contribution in [2.45, 2.75) is 13.8 Å². The molecule has 17 heavy (non-hydrogen) atoms. The van der Waals surface area contributed by atoms with Gasteiger partial charge in [-0.2, -0.15) is 0 Å². The van der Waals surface area contributed by atoms with Crippen LogP contribution in [-0.2, 0) is 4.74 Å². The number of carbonyl (C=O) groups is 1. The van der Waals surface area contributed by atoms with Crippen LogP contribution in [0.3, 0.4) is 0 Å². The topological polar surface area (TPSA) is 55.0 Å². The highest BCUT2D eigenvalue weighted by Gasteiger charge is 2.21. The van der Waals surface area contributed by atoms with Crippen molar-refractivity contribution in [3.8, 4) is 11.3 Å². The molecule has 0 saturated carbocycles. The number of nitrogens with one attached hydrogen (secondary N) is 1. The van der Waals surface area contributed by atoms with Gasteiger partial charge in [0.2, 0.25) is 0 Å². The molecule has 2 aromatic heterocycles. The number of ether oxygens (including phenoxy) is 1. The van der Waals surface area contributed by atoms with E-state index in [1.807, 2.05) is 32.0 Å². The number of esters is 1. The Labute approximate surface area is 99.7 Å². The highest BCUT2D eigenvalue weighted by Crippen LogP contribution is 2.28. The minimum Gasteiger partial charge on any atom is -0.465 e. The number of methoxy groups -OCH3 is 1. The highest BCUT2D eigenvalue weighted by atomic mass is 16.5. The zero-order valence-corrected chi connectivity index (χ0v) is 10.1. The van der Waals surface area contributed by atoms with E-state index < -0.39 is 0 Å². The van der Waals surface area contributed by atoms with Gasteiger partial charge in [0.1, 0.15) is 0 Å². The Morgan fingerprint density at radius 2 is 2.06 bits per heavy atom. The van der Waals surface area contributed by atoms with Crippen LogP contribution >= 0.6 is 0 Å². The molecule has 4 heteroatoms. The van der Waals surface area contributed by atoms with Gasteiger partial charge in [0.05, 0.1) is 18.4 Å². The Balaban J connectivity index is 2.65. The summed E-state index contributed by atoms with van der Waals surface area (Å²) in [5.41, 5.74) is 3.87. The quantitative estimate of drug-likeness (QED) is 0.806. The maximum Gasteiger partial charge on any atom is 0.340 e. The minimum atomic E-state index is -0.340. The highest BCUT2D eigenvalue weighted by molar-refractivity contribution is 5.99. The molecule has 0 fully saturated rings. The number of nitrogens with zero attached hydrogens (tertiary/aromatic N) is 1. The first kappa shape index (κ1) is 11.4. The fraction of sp³-hybridized carbons (Fsp3) is 0.231. The largest absolute Gasteiger partial charge is 0.465 e. The third kappa shape index (κ3) is 1.93. The first-order valence-electron chi connectivity index (χ1n) is 5.34. The predicted octanol–water partition coefficient (Wildman–Crippen LogP) is 2.48. The molecule has 0 atom stereocenters. The zero-order valence-electron chi connectivity index (χ0n) is 10.1. The van der Waals surface area contributed by atoms with Crippen LogP contribution in [0.4, 0.5) is 0 Å². The van der Waals surface area contributed by atoms with Gasteiger partial charge in [-0.25, -0.2) is 4.79 Å². The third-order valence-corrected chi connectivity index (χ3v) is 2.69. The van der Waals surface area contributed by atoms with Gasteiger partial charge in [0, 0.05) is 23.1 Å². The molecule has 0 bridgehead atoms. The molecule has 0 radical (unpaired) electrons. The molecule has 1 N–H and O–H groups in total. The van der Waals surface area contributed by atoms with Crippen LogP contribution in [0.15, 0.2) is 24.4 Å². The maximum absolute atomic E-state index is 11.8. The lowest BCUT2D eigenvalue weighted by atomic mass is 10.1. The molecule has 0 saturated heterocycles. The standard InChI is InChI=1S/C13H14N2O2/c1-8-11(10-6-4-5-7-14-10)12(9(2)15-8)13(16)17-3/h4-7,15H,1-3H3. The number of aromatic nitrogens is 2. The Kier molecular flexibility index (Phi) is 2.95. The fourth-order valence-electron chi connectivity index (χ4n) is 1.97. The Hall–Kier alpha value is -2.10. The molecule has 0 spiro atoms. The van der Waals surface area contributed by atoms with Crippen molar-refractivity contribution < 1.29 is 9.53 Å². The fourth-order valence-corrected chi connectivity index (χ4v) is 1.97. The van der Waals surface area contributed by atoms with Crippen LogP contribution in [0.1, 0.15) is 21.7 Å². The molecule has 0 aliphatic heterocycles. The SMILES string of the molecule is COC(=O)c1c(C)[nH]c(C)c1-c1ccccn1. The lowest BCUT2D eigenvalue weighted by Gasteiger charge is -2.04. The smallest absolute Gasteiger partial charge is 0.340 e. The van der Waals surface area contributed by atoms with Gasteiger partial charge in [-0.05, 0) is 26.0 Å². The summed E-state index contributed by atoms with van der Waals surface area (Å²) in [7, 11) is 1.38. The number of rotatable bonds is 2. The average molecular weight is 230 g/mol. The van der Waals surface area contributed by atoms with Gasteiger partial charge in [-0.1, -0.05) is 6.07 Å².